The molecule has 232 valence electrons. The highest BCUT2D eigenvalue weighted by Gasteiger charge is 2.46. The molecule has 2 atom stereocenters. The lowest BCUT2D eigenvalue weighted by molar-refractivity contribution is -0.137. The average molecular weight is 604 g/mol. The summed E-state index contributed by atoms with van der Waals surface area (Å²) in [7, 11) is -0.704. The van der Waals surface area contributed by atoms with Crippen molar-refractivity contribution in [2.75, 3.05) is 7.11 Å². The van der Waals surface area contributed by atoms with Crippen molar-refractivity contribution in [3.8, 4) is 11.1 Å². The summed E-state index contributed by atoms with van der Waals surface area (Å²) in [4.78, 5) is 17.1. The molecule has 0 spiro atoms. The SMILES string of the molecule is COC(C)c1nc2c(c(C3CCCCC3)c1-c1cc(C=O)ccc1C(F)(F)F)C(O[Si](C)(C)C(C)(C)C)CC(C)(C)C2. The van der Waals surface area contributed by atoms with Gasteiger partial charge < -0.3 is 9.16 Å². The maximum absolute atomic E-state index is 14.7. The van der Waals surface area contributed by atoms with E-state index in [-0.39, 0.29) is 33.6 Å². The summed E-state index contributed by atoms with van der Waals surface area (Å²) in [6.45, 7) is 17.4. The van der Waals surface area contributed by atoms with Crippen molar-refractivity contribution in [1.82, 2.24) is 4.98 Å². The van der Waals surface area contributed by atoms with Crippen LogP contribution in [0.2, 0.25) is 18.1 Å². The van der Waals surface area contributed by atoms with Crippen molar-refractivity contribution < 1.29 is 27.1 Å². The summed E-state index contributed by atoms with van der Waals surface area (Å²) in [5, 5.41) is -0.0394. The molecular formula is C34H48F3NO3Si. The number of carbonyl (C=O) groups is 1. The van der Waals surface area contributed by atoms with Gasteiger partial charge in [0.2, 0.25) is 0 Å². The number of fused-ring (bicyclic) bond motifs is 1. The zero-order valence-electron chi connectivity index (χ0n) is 26.8. The normalized spacial score (nSPS) is 20.7. The molecule has 1 saturated carbocycles. The van der Waals surface area contributed by atoms with Gasteiger partial charge in [-0.25, -0.2) is 0 Å². The molecule has 0 bridgehead atoms. The quantitative estimate of drug-likeness (QED) is 0.233. The summed E-state index contributed by atoms with van der Waals surface area (Å²) in [5.41, 5.74) is 3.19. The van der Waals surface area contributed by atoms with Gasteiger partial charge in [0, 0.05) is 29.5 Å². The number of ether oxygens (including phenoxy) is 1. The minimum absolute atomic E-state index is 0.0118. The second-order valence-electron chi connectivity index (χ2n) is 14.7. The van der Waals surface area contributed by atoms with E-state index >= 15 is 0 Å². The second-order valence-corrected chi connectivity index (χ2v) is 19.4. The molecule has 2 aliphatic rings. The first-order valence-corrected chi connectivity index (χ1v) is 18.2. The minimum Gasteiger partial charge on any atom is -0.410 e. The van der Waals surface area contributed by atoms with E-state index in [9.17, 15) is 18.0 Å². The summed E-state index contributed by atoms with van der Waals surface area (Å²) in [6.07, 6.45) is 1.63. The number of hydrogen-bond acceptors (Lipinski definition) is 4. The van der Waals surface area contributed by atoms with Crippen molar-refractivity contribution >= 4 is 14.6 Å². The van der Waals surface area contributed by atoms with Crippen molar-refractivity contribution in [3.63, 3.8) is 0 Å². The Morgan fingerprint density at radius 3 is 2.26 bits per heavy atom. The summed E-state index contributed by atoms with van der Waals surface area (Å²) < 4.78 is 57.0. The minimum atomic E-state index is -4.61. The number of alkyl halides is 3. The first kappa shape index (κ1) is 32.9. The highest BCUT2D eigenvalue weighted by atomic mass is 28.4. The fourth-order valence-electron chi connectivity index (χ4n) is 6.54. The molecule has 0 amide bonds. The molecule has 2 aromatic rings. The number of carbonyl (C=O) groups excluding carboxylic acids is 1. The van der Waals surface area contributed by atoms with Crippen LogP contribution in [0.3, 0.4) is 0 Å². The van der Waals surface area contributed by atoms with Gasteiger partial charge in [0.05, 0.1) is 23.5 Å². The fourth-order valence-corrected chi connectivity index (χ4v) is 7.81. The first-order valence-electron chi connectivity index (χ1n) is 15.3. The van der Waals surface area contributed by atoms with E-state index in [0.29, 0.717) is 24.0 Å². The van der Waals surface area contributed by atoms with Crippen LogP contribution in [-0.4, -0.2) is 26.7 Å². The van der Waals surface area contributed by atoms with Gasteiger partial charge >= 0.3 is 6.18 Å². The van der Waals surface area contributed by atoms with Crippen LogP contribution >= 0.6 is 0 Å². The summed E-state index contributed by atoms with van der Waals surface area (Å²) in [6, 6.07) is 3.68. The number of rotatable bonds is 7. The van der Waals surface area contributed by atoms with Crippen molar-refractivity contribution in [3.05, 3.63) is 51.8 Å². The van der Waals surface area contributed by atoms with E-state index in [2.05, 4.69) is 47.7 Å². The second kappa shape index (κ2) is 11.8. The highest BCUT2D eigenvalue weighted by molar-refractivity contribution is 6.74. The molecule has 1 heterocycles. The molecule has 0 saturated heterocycles. The number of aromatic nitrogens is 1. The number of benzene rings is 1. The van der Waals surface area contributed by atoms with E-state index in [0.717, 1.165) is 61.4 Å². The van der Waals surface area contributed by atoms with Gasteiger partial charge in [0.25, 0.3) is 0 Å². The Morgan fingerprint density at radius 1 is 1.07 bits per heavy atom. The average Bonchev–Trinajstić information content (AvgIpc) is 2.89. The van der Waals surface area contributed by atoms with Gasteiger partial charge in [-0.3, -0.25) is 9.78 Å². The molecule has 2 aliphatic carbocycles. The lowest BCUT2D eigenvalue weighted by Crippen LogP contribution is -2.44. The number of halogens is 3. The molecule has 1 aromatic heterocycles. The lowest BCUT2D eigenvalue weighted by Gasteiger charge is -2.46. The number of pyridine rings is 1. The third kappa shape index (κ3) is 6.56. The molecule has 1 fully saturated rings. The Morgan fingerprint density at radius 2 is 1.71 bits per heavy atom. The molecular weight excluding hydrogens is 555 g/mol. The van der Waals surface area contributed by atoms with Gasteiger partial charge in [-0.05, 0) is 85.3 Å². The van der Waals surface area contributed by atoms with Crippen LogP contribution in [-0.2, 0) is 21.8 Å². The third-order valence-corrected chi connectivity index (χ3v) is 14.3. The molecule has 1 aromatic carbocycles. The molecule has 0 radical (unpaired) electrons. The monoisotopic (exact) mass is 603 g/mol. The largest absolute Gasteiger partial charge is 0.417 e. The highest BCUT2D eigenvalue weighted by Crippen LogP contribution is 2.54. The molecule has 8 heteroatoms. The topological polar surface area (TPSA) is 48.4 Å². The van der Waals surface area contributed by atoms with E-state index in [1.807, 2.05) is 6.92 Å². The van der Waals surface area contributed by atoms with Crippen LogP contribution in [0.4, 0.5) is 13.2 Å². The Hall–Kier alpha value is -2.03. The zero-order chi connectivity index (χ0) is 31.3. The van der Waals surface area contributed by atoms with Crippen molar-refractivity contribution in [2.24, 2.45) is 5.41 Å². The molecule has 2 unspecified atom stereocenters. The van der Waals surface area contributed by atoms with Gasteiger partial charge in [-0.1, -0.05) is 59.9 Å². The Balaban J connectivity index is 2.16. The third-order valence-electron chi connectivity index (χ3n) is 9.84. The molecule has 0 aliphatic heterocycles. The van der Waals surface area contributed by atoms with E-state index < -0.39 is 26.2 Å². The standard InChI is InChI=1S/C34H48F3NO3Si/c1-21(40-7)31-29(24-17-22(20-39)15-16-25(24)34(35,36)37)28(23-13-11-10-12-14-23)30-26(38-31)18-33(5,6)19-27(30)41-42(8,9)32(2,3)4/h15-17,20-21,23,27H,10-14,18-19H2,1-9H3. The lowest BCUT2D eigenvalue weighted by atomic mass is 9.69. The van der Waals surface area contributed by atoms with Crippen LogP contribution in [0.5, 0.6) is 0 Å². The van der Waals surface area contributed by atoms with E-state index in [1.54, 1.807) is 7.11 Å². The molecule has 42 heavy (non-hydrogen) atoms. The van der Waals surface area contributed by atoms with Crippen LogP contribution < -0.4 is 0 Å². The molecule has 4 nitrogen and oxygen atoms in total. The van der Waals surface area contributed by atoms with Crippen LogP contribution in [0.25, 0.3) is 11.1 Å². The Labute approximate surface area is 250 Å². The summed E-state index contributed by atoms with van der Waals surface area (Å²) >= 11 is 0. The van der Waals surface area contributed by atoms with Crippen LogP contribution in [0.15, 0.2) is 18.2 Å². The van der Waals surface area contributed by atoms with Crippen molar-refractivity contribution in [1.29, 1.82) is 0 Å². The number of hydrogen-bond donors (Lipinski definition) is 0. The van der Waals surface area contributed by atoms with E-state index in [4.69, 9.17) is 14.1 Å². The van der Waals surface area contributed by atoms with E-state index in [1.165, 1.54) is 12.1 Å². The van der Waals surface area contributed by atoms with Crippen molar-refractivity contribution in [2.45, 2.75) is 129 Å². The number of aldehydes is 1. The van der Waals surface area contributed by atoms with Crippen LogP contribution in [0, 0.1) is 5.41 Å². The first-order chi connectivity index (χ1) is 19.4. The smallest absolute Gasteiger partial charge is 0.410 e. The van der Waals surface area contributed by atoms with Gasteiger partial charge in [0.1, 0.15) is 6.29 Å². The molecule has 4 rings (SSSR count). The van der Waals surface area contributed by atoms with Gasteiger partial charge in [-0.15, -0.1) is 0 Å². The molecule has 0 N–H and O–H groups in total. The fraction of sp³-hybridized carbons (Fsp3) is 0.647. The Bertz CT molecular complexity index is 1310. The number of nitrogens with zero attached hydrogens (tertiary/aromatic N) is 1. The predicted octanol–water partition coefficient (Wildman–Crippen LogP) is 10.4. The van der Waals surface area contributed by atoms with Crippen LogP contribution in [0.1, 0.15) is 137 Å². The Kier molecular flexibility index (Phi) is 9.24. The van der Waals surface area contributed by atoms with Gasteiger partial charge in [0.15, 0.2) is 8.32 Å². The zero-order valence-corrected chi connectivity index (χ0v) is 27.8. The number of methoxy groups -OCH3 is 1. The maximum atomic E-state index is 14.7. The summed E-state index contributed by atoms with van der Waals surface area (Å²) in [5.74, 6) is 0.0704. The predicted molar refractivity (Wildman–Crippen MR) is 164 cm³/mol. The maximum Gasteiger partial charge on any atom is 0.417 e. The van der Waals surface area contributed by atoms with Gasteiger partial charge in [-0.2, -0.15) is 13.2 Å².